The van der Waals surface area contributed by atoms with Gasteiger partial charge in [-0.15, -0.1) is 0 Å². The monoisotopic (exact) mass is 260 g/mol. The Morgan fingerprint density at radius 3 is 2.84 bits per heavy atom. The Bertz CT molecular complexity index is 571. The van der Waals surface area contributed by atoms with Crippen LogP contribution in [0.25, 0.3) is 0 Å². The Morgan fingerprint density at radius 2 is 2.05 bits per heavy atom. The summed E-state index contributed by atoms with van der Waals surface area (Å²) in [6, 6.07) is 5.63. The normalized spacial score (nSPS) is 12.5. The fourth-order valence-electron chi connectivity index (χ4n) is 1.69. The number of aliphatic hydroxyl groups is 1. The first kappa shape index (κ1) is 11.7. The van der Waals surface area contributed by atoms with Gasteiger partial charge in [0.25, 0.3) is 0 Å². The summed E-state index contributed by atoms with van der Waals surface area (Å²) in [5.41, 5.74) is 1.47. The second kappa shape index (κ2) is 5.11. The fourth-order valence-corrected chi connectivity index (χ4v) is 1.69. The van der Waals surface area contributed by atoms with Crippen molar-refractivity contribution in [2.75, 3.05) is 6.79 Å². The summed E-state index contributed by atoms with van der Waals surface area (Å²) in [5, 5.41) is 8.86. The lowest BCUT2D eigenvalue weighted by Gasteiger charge is -2.06. The molecule has 0 unspecified atom stereocenters. The molecule has 0 bridgehead atoms. The van der Waals surface area contributed by atoms with Crippen molar-refractivity contribution in [3.8, 4) is 17.4 Å². The molecule has 3 rings (SSSR count). The minimum atomic E-state index is -0.130. The lowest BCUT2D eigenvalue weighted by atomic mass is 10.2. The number of benzene rings is 1. The van der Waals surface area contributed by atoms with Gasteiger partial charge < -0.3 is 19.3 Å². The molecule has 0 saturated heterocycles. The van der Waals surface area contributed by atoms with E-state index in [4.69, 9.17) is 19.3 Å². The van der Waals surface area contributed by atoms with E-state index >= 15 is 0 Å². The van der Waals surface area contributed by atoms with Gasteiger partial charge in [0.2, 0.25) is 12.7 Å². The van der Waals surface area contributed by atoms with Crippen LogP contribution >= 0.6 is 0 Å². The van der Waals surface area contributed by atoms with E-state index in [1.54, 1.807) is 0 Å². The minimum Gasteiger partial charge on any atom is -0.472 e. The minimum absolute atomic E-state index is 0.130. The van der Waals surface area contributed by atoms with Crippen LogP contribution in [0.1, 0.15) is 11.3 Å². The zero-order chi connectivity index (χ0) is 13.1. The van der Waals surface area contributed by atoms with E-state index in [9.17, 15) is 0 Å². The molecule has 1 aliphatic heterocycles. The van der Waals surface area contributed by atoms with Gasteiger partial charge in [-0.2, -0.15) is 0 Å². The Balaban J connectivity index is 1.65. The van der Waals surface area contributed by atoms with E-state index in [-0.39, 0.29) is 13.4 Å². The molecule has 1 aromatic heterocycles. The SMILES string of the molecule is OCc1cnc(OCc2ccc3c(c2)OCO3)cn1. The van der Waals surface area contributed by atoms with Crippen LogP contribution in [0.3, 0.4) is 0 Å². The van der Waals surface area contributed by atoms with Crippen molar-refractivity contribution in [2.24, 2.45) is 0 Å². The summed E-state index contributed by atoms with van der Waals surface area (Å²) in [6.07, 6.45) is 2.97. The number of fused-ring (bicyclic) bond motifs is 1. The molecule has 19 heavy (non-hydrogen) atoms. The fraction of sp³-hybridized carbons (Fsp3) is 0.231. The molecule has 2 heterocycles. The molecule has 1 aromatic carbocycles. The quantitative estimate of drug-likeness (QED) is 0.892. The zero-order valence-corrected chi connectivity index (χ0v) is 10.1. The first-order chi connectivity index (χ1) is 9.35. The first-order valence-electron chi connectivity index (χ1n) is 5.78. The van der Waals surface area contributed by atoms with Gasteiger partial charge in [0.1, 0.15) is 6.61 Å². The highest BCUT2D eigenvalue weighted by atomic mass is 16.7. The molecule has 1 aliphatic rings. The average Bonchev–Trinajstić information content (AvgIpc) is 2.93. The van der Waals surface area contributed by atoms with Gasteiger partial charge in [0, 0.05) is 0 Å². The van der Waals surface area contributed by atoms with Crippen LogP contribution < -0.4 is 14.2 Å². The third kappa shape index (κ3) is 2.58. The summed E-state index contributed by atoms with van der Waals surface area (Å²) in [4.78, 5) is 8.02. The summed E-state index contributed by atoms with van der Waals surface area (Å²) in [7, 11) is 0. The molecule has 6 nitrogen and oxygen atoms in total. The smallest absolute Gasteiger partial charge is 0.232 e. The van der Waals surface area contributed by atoms with Gasteiger partial charge in [-0.1, -0.05) is 6.07 Å². The maximum Gasteiger partial charge on any atom is 0.232 e. The predicted molar refractivity (Wildman–Crippen MR) is 64.9 cm³/mol. The number of rotatable bonds is 4. The molecular formula is C13H12N2O4. The van der Waals surface area contributed by atoms with Crippen LogP contribution in [0.15, 0.2) is 30.6 Å². The highest BCUT2D eigenvalue weighted by Crippen LogP contribution is 2.32. The number of nitrogens with zero attached hydrogens (tertiary/aromatic N) is 2. The van der Waals surface area contributed by atoms with Crippen LogP contribution in [0.2, 0.25) is 0 Å². The van der Waals surface area contributed by atoms with Crippen LogP contribution in [-0.4, -0.2) is 21.9 Å². The van der Waals surface area contributed by atoms with Crippen molar-refractivity contribution in [1.29, 1.82) is 0 Å². The van der Waals surface area contributed by atoms with E-state index in [2.05, 4.69) is 9.97 Å². The lowest BCUT2D eigenvalue weighted by Crippen LogP contribution is -1.99. The van der Waals surface area contributed by atoms with Crippen molar-refractivity contribution in [3.05, 3.63) is 41.9 Å². The van der Waals surface area contributed by atoms with Gasteiger partial charge in [-0.05, 0) is 17.7 Å². The van der Waals surface area contributed by atoms with E-state index in [1.807, 2.05) is 18.2 Å². The number of hydrogen-bond acceptors (Lipinski definition) is 6. The van der Waals surface area contributed by atoms with Crippen molar-refractivity contribution in [1.82, 2.24) is 9.97 Å². The Labute approximate surface area is 109 Å². The predicted octanol–water partition coefficient (Wildman–Crippen LogP) is 1.28. The molecule has 0 saturated carbocycles. The number of hydrogen-bond donors (Lipinski definition) is 1. The van der Waals surface area contributed by atoms with Crippen molar-refractivity contribution in [3.63, 3.8) is 0 Å². The second-order valence-electron chi connectivity index (χ2n) is 3.98. The maximum atomic E-state index is 8.86. The molecule has 0 aliphatic carbocycles. The summed E-state index contributed by atoms with van der Waals surface area (Å²) in [6.45, 7) is 0.493. The lowest BCUT2D eigenvalue weighted by molar-refractivity contribution is 0.174. The molecule has 98 valence electrons. The highest BCUT2D eigenvalue weighted by Gasteiger charge is 2.13. The molecular weight excluding hydrogens is 248 g/mol. The average molecular weight is 260 g/mol. The first-order valence-corrected chi connectivity index (χ1v) is 5.78. The molecule has 0 atom stereocenters. The Kier molecular flexibility index (Phi) is 3.16. The number of aliphatic hydroxyl groups excluding tert-OH is 1. The van der Waals surface area contributed by atoms with Gasteiger partial charge in [0.15, 0.2) is 11.5 Å². The molecule has 0 amide bonds. The topological polar surface area (TPSA) is 73.7 Å². The van der Waals surface area contributed by atoms with Crippen LogP contribution in [0, 0.1) is 0 Å². The van der Waals surface area contributed by atoms with E-state index < -0.39 is 0 Å². The van der Waals surface area contributed by atoms with E-state index in [1.165, 1.54) is 12.4 Å². The second-order valence-corrected chi connectivity index (χ2v) is 3.98. The zero-order valence-electron chi connectivity index (χ0n) is 10.1. The summed E-state index contributed by atoms with van der Waals surface area (Å²) in [5.74, 6) is 1.88. The standard InChI is InChI=1S/C13H12N2O4/c16-6-10-4-15-13(5-14-10)17-7-9-1-2-11-12(3-9)19-8-18-11/h1-5,16H,6-8H2. The van der Waals surface area contributed by atoms with Crippen molar-refractivity contribution < 1.29 is 19.3 Å². The van der Waals surface area contributed by atoms with E-state index in [0.29, 0.717) is 18.2 Å². The maximum absolute atomic E-state index is 8.86. The van der Waals surface area contributed by atoms with Gasteiger partial charge in [-0.3, -0.25) is 4.98 Å². The molecule has 0 radical (unpaired) electrons. The highest BCUT2D eigenvalue weighted by molar-refractivity contribution is 5.44. The summed E-state index contributed by atoms with van der Waals surface area (Å²) < 4.78 is 16.0. The van der Waals surface area contributed by atoms with Crippen LogP contribution in [0.4, 0.5) is 0 Å². The molecule has 0 spiro atoms. The third-order valence-electron chi connectivity index (χ3n) is 2.67. The molecule has 6 heteroatoms. The number of ether oxygens (including phenoxy) is 3. The Morgan fingerprint density at radius 1 is 1.16 bits per heavy atom. The molecule has 2 aromatic rings. The molecule has 0 fully saturated rings. The molecule has 1 N–H and O–H groups in total. The van der Waals surface area contributed by atoms with Crippen LogP contribution in [-0.2, 0) is 13.2 Å². The van der Waals surface area contributed by atoms with Crippen molar-refractivity contribution in [2.45, 2.75) is 13.2 Å². The van der Waals surface area contributed by atoms with E-state index in [0.717, 1.165) is 17.1 Å². The Hall–Kier alpha value is -2.34. The van der Waals surface area contributed by atoms with Gasteiger partial charge in [-0.25, -0.2) is 4.98 Å². The van der Waals surface area contributed by atoms with Crippen molar-refractivity contribution >= 4 is 0 Å². The summed E-state index contributed by atoms with van der Waals surface area (Å²) >= 11 is 0. The number of aromatic nitrogens is 2. The van der Waals surface area contributed by atoms with Crippen LogP contribution in [0.5, 0.6) is 17.4 Å². The van der Waals surface area contributed by atoms with Gasteiger partial charge in [0.05, 0.1) is 24.7 Å². The third-order valence-corrected chi connectivity index (χ3v) is 2.67. The largest absolute Gasteiger partial charge is 0.472 e. The van der Waals surface area contributed by atoms with Gasteiger partial charge >= 0.3 is 0 Å².